The van der Waals surface area contributed by atoms with E-state index in [1.54, 1.807) is 0 Å². The molecule has 9 heteroatoms. The summed E-state index contributed by atoms with van der Waals surface area (Å²) < 4.78 is 44.3. The van der Waals surface area contributed by atoms with Crippen molar-refractivity contribution >= 4 is 15.7 Å². The third kappa shape index (κ3) is 2.65. The third-order valence-electron chi connectivity index (χ3n) is 3.21. The van der Waals surface area contributed by atoms with Crippen molar-refractivity contribution < 1.29 is 22.5 Å². The second kappa shape index (κ2) is 5.43. The minimum Gasteiger partial charge on any atom is -0.380 e. The lowest BCUT2D eigenvalue weighted by atomic mass is 10.3. The number of nitrogens with zero attached hydrogens (tertiary/aromatic N) is 2. The van der Waals surface area contributed by atoms with Gasteiger partial charge in [0.2, 0.25) is 15.8 Å². The molecular formula is C11H13FN2O5S. The monoisotopic (exact) mass is 304 g/mol. The Morgan fingerprint density at radius 3 is 2.70 bits per heavy atom. The van der Waals surface area contributed by atoms with Crippen molar-refractivity contribution in [2.75, 3.05) is 20.3 Å². The van der Waals surface area contributed by atoms with Gasteiger partial charge in [-0.05, 0) is 12.5 Å². The fourth-order valence-electron chi connectivity index (χ4n) is 1.97. The molecule has 0 bridgehead atoms. The first-order valence-electron chi connectivity index (χ1n) is 5.84. The SMILES string of the molecule is CN(C1CCOC1)S(=O)(=O)c1ccc([N+](=O)[O-])c(F)c1. The summed E-state index contributed by atoms with van der Waals surface area (Å²) >= 11 is 0. The van der Waals surface area contributed by atoms with Crippen LogP contribution in [-0.2, 0) is 14.8 Å². The van der Waals surface area contributed by atoms with Gasteiger partial charge in [0.25, 0.3) is 0 Å². The van der Waals surface area contributed by atoms with Crippen LogP contribution in [0, 0.1) is 15.9 Å². The first-order valence-corrected chi connectivity index (χ1v) is 7.28. The second-order valence-corrected chi connectivity index (χ2v) is 6.41. The fraction of sp³-hybridized carbons (Fsp3) is 0.455. The molecule has 1 unspecified atom stereocenters. The third-order valence-corrected chi connectivity index (χ3v) is 5.12. The molecule has 1 saturated heterocycles. The molecule has 1 atom stereocenters. The van der Waals surface area contributed by atoms with Gasteiger partial charge in [0.15, 0.2) is 0 Å². The van der Waals surface area contributed by atoms with Gasteiger partial charge in [0.1, 0.15) is 0 Å². The molecule has 0 radical (unpaired) electrons. The van der Waals surface area contributed by atoms with Gasteiger partial charge in [-0.25, -0.2) is 8.42 Å². The zero-order chi connectivity index (χ0) is 14.9. The van der Waals surface area contributed by atoms with Crippen LogP contribution in [0.3, 0.4) is 0 Å². The summed E-state index contributed by atoms with van der Waals surface area (Å²) in [4.78, 5) is 9.30. The molecule has 110 valence electrons. The van der Waals surface area contributed by atoms with E-state index in [1.807, 2.05) is 0 Å². The number of sulfonamides is 1. The zero-order valence-electron chi connectivity index (χ0n) is 10.7. The highest BCUT2D eigenvalue weighted by molar-refractivity contribution is 7.89. The number of hydrogen-bond donors (Lipinski definition) is 0. The van der Waals surface area contributed by atoms with Crippen LogP contribution in [0.15, 0.2) is 23.1 Å². The number of benzene rings is 1. The van der Waals surface area contributed by atoms with Gasteiger partial charge < -0.3 is 4.74 Å². The Morgan fingerprint density at radius 1 is 1.50 bits per heavy atom. The lowest BCUT2D eigenvalue weighted by Gasteiger charge is -2.22. The molecule has 20 heavy (non-hydrogen) atoms. The molecule has 0 amide bonds. The molecule has 7 nitrogen and oxygen atoms in total. The van der Waals surface area contributed by atoms with Gasteiger partial charge >= 0.3 is 5.69 Å². The van der Waals surface area contributed by atoms with E-state index in [0.29, 0.717) is 19.1 Å². The molecule has 1 aromatic rings. The summed E-state index contributed by atoms with van der Waals surface area (Å²) in [7, 11) is -2.51. The molecule has 0 spiro atoms. The fourth-order valence-corrected chi connectivity index (χ4v) is 3.35. The average Bonchev–Trinajstić information content (AvgIpc) is 2.90. The summed E-state index contributed by atoms with van der Waals surface area (Å²) in [5.74, 6) is -1.17. The molecule has 0 aromatic heterocycles. The minimum absolute atomic E-state index is 0.283. The largest absolute Gasteiger partial charge is 0.380 e. The quantitative estimate of drug-likeness (QED) is 0.614. The van der Waals surface area contributed by atoms with Gasteiger partial charge in [-0.15, -0.1) is 0 Å². The number of hydrogen-bond acceptors (Lipinski definition) is 5. The Morgan fingerprint density at radius 2 is 2.20 bits per heavy atom. The predicted molar refractivity (Wildman–Crippen MR) is 67.2 cm³/mol. The van der Waals surface area contributed by atoms with E-state index in [2.05, 4.69) is 0 Å². The van der Waals surface area contributed by atoms with Crippen LogP contribution >= 0.6 is 0 Å². The highest BCUT2D eigenvalue weighted by Gasteiger charge is 2.31. The summed E-state index contributed by atoms with van der Waals surface area (Å²) in [6, 6.07) is 2.24. The van der Waals surface area contributed by atoms with Gasteiger partial charge in [-0.2, -0.15) is 8.70 Å². The van der Waals surface area contributed by atoms with E-state index in [9.17, 15) is 22.9 Å². The number of halogens is 1. The highest BCUT2D eigenvalue weighted by Crippen LogP contribution is 2.25. The van der Waals surface area contributed by atoms with Crippen molar-refractivity contribution in [1.29, 1.82) is 0 Å². The van der Waals surface area contributed by atoms with Crippen LogP contribution in [0.25, 0.3) is 0 Å². The maximum atomic E-state index is 13.5. The predicted octanol–water partition coefficient (Wildman–Crippen LogP) is 1.14. The van der Waals surface area contributed by atoms with Gasteiger partial charge in [0.05, 0.1) is 22.5 Å². The molecule has 1 fully saturated rings. The molecular weight excluding hydrogens is 291 g/mol. The topological polar surface area (TPSA) is 89.8 Å². The number of ether oxygens (including phenoxy) is 1. The van der Waals surface area contributed by atoms with Crippen LogP contribution < -0.4 is 0 Å². The highest BCUT2D eigenvalue weighted by atomic mass is 32.2. The van der Waals surface area contributed by atoms with Crippen molar-refractivity contribution in [2.45, 2.75) is 17.4 Å². The molecule has 1 aliphatic heterocycles. The molecule has 1 aliphatic rings. The maximum absolute atomic E-state index is 13.5. The average molecular weight is 304 g/mol. The zero-order valence-corrected chi connectivity index (χ0v) is 11.5. The van der Waals surface area contributed by atoms with Crippen molar-refractivity contribution in [3.63, 3.8) is 0 Å². The van der Waals surface area contributed by atoms with E-state index in [4.69, 9.17) is 4.74 Å². The van der Waals surface area contributed by atoms with Crippen LogP contribution in [0.5, 0.6) is 0 Å². The van der Waals surface area contributed by atoms with E-state index < -0.39 is 26.5 Å². The number of nitro benzene ring substituents is 1. The smallest absolute Gasteiger partial charge is 0.304 e. The Labute approximate surface area is 115 Å². The van der Waals surface area contributed by atoms with Crippen molar-refractivity contribution in [2.24, 2.45) is 0 Å². The van der Waals surface area contributed by atoms with Crippen molar-refractivity contribution in [1.82, 2.24) is 4.31 Å². The number of likely N-dealkylation sites (N-methyl/N-ethyl adjacent to an activating group) is 1. The molecule has 1 aromatic carbocycles. The standard InChI is InChI=1S/C11H13FN2O5S/c1-13(8-4-5-19-7-8)20(17,18)9-2-3-11(14(15)16)10(12)6-9/h2-3,6,8H,4-5,7H2,1H3. The van der Waals surface area contributed by atoms with Crippen molar-refractivity contribution in [3.05, 3.63) is 34.1 Å². The summed E-state index contributed by atoms with van der Waals surface area (Å²) in [5, 5.41) is 10.5. The Hall–Kier alpha value is -1.58. The van der Waals surface area contributed by atoms with E-state index in [-0.39, 0.29) is 17.5 Å². The number of nitro groups is 1. The normalized spacial score (nSPS) is 19.4. The molecule has 0 aliphatic carbocycles. The van der Waals surface area contributed by atoms with Crippen LogP contribution in [-0.4, -0.2) is 43.9 Å². The molecule has 0 saturated carbocycles. The lowest BCUT2D eigenvalue weighted by Crippen LogP contribution is -2.37. The lowest BCUT2D eigenvalue weighted by molar-refractivity contribution is -0.387. The first-order chi connectivity index (χ1) is 9.34. The summed E-state index contributed by atoms with van der Waals surface area (Å²) in [6.45, 7) is 0.754. The van der Waals surface area contributed by atoms with Gasteiger partial charge in [-0.1, -0.05) is 0 Å². The summed E-state index contributed by atoms with van der Waals surface area (Å²) in [6.07, 6.45) is 0.561. The van der Waals surface area contributed by atoms with Crippen LogP contribution in [0.1, 0.15) is 6.42 Å². The minimum atomic E-state index is -3.90. The first kappa shape index (κ1) is 14.8. The Bertz CT molecular complexity index is 628. The van der Waals surface area contributed by atoms with Crippen LogP contribution in [0.2, 0.25) is 0 Å². The second-order valence-electron chi connectivity index (χ2n) is 4.41. The Kier molecular flexibility index (Phi) is 4.02. The Balaban J connectivity index is 2.34. The van der Waals surface area contributed by atoms with Crippen molar-refractivity contribution in [3.8, 4) is 0 Å². The molecule has 1 heterocycles. The van der Waals surface area contributed by atoms with Crippen LogP contribution in [0.4, 0.5) is 10.1 Å². The molecule has 0 N–H and O–H groups in total. The van der Waals surface area contributed by atoms with Gasteiger partial charge in [0, 0.05) is 25.8 Å². The summed E-state index contributed by atoms with van der Waals surface area (Å²) in [5.41, 5.74) is -0.754. The molecule has 2 rings (SSSR count). The van der Waals surface area contributed by atoms with E-state index in [0.717, 1.165) is 16.4 Å². The maximum Gasteiger partial charge on any atom is 0.304 e. The van der Waals surface area contributed by atoms with E-state index in [1.165, 1.54) is 7.05 Å². The number of rotatable bonds is 4. The van der Waals surface area contributed by atoms with E-state index >= 15 is 0 Å². The van der Waals surface area contributed by atoms with Gasteiger partial charge in [-0.3, -0.25) is 10.1 Å².